The van der Waals surface area contributed by atoms with Crippen LogP contribution < -0.4 is 0 Å². The lowest BCUT2D eigenvalue weighted by atomic mass is 9.88. The van der Waals surface area contributed by atoms with Crippen molar-refractivity contribution in [3.8, 4) is 0 Å². The van der Waals surface area contributed by atoms with Crippen molar-refractivity contribution in [2.45, 2.75) is 39.2 Å². The molecule has 0 aliphatic carbocycles. The van der Waals surface area contributed by atoms with Gasteiger partial charge in [-0.25, -0.2) is 4.39 Å². The lowest BCUT2D eigenvalue weighted by molar-refractivity contribution is 0.0241. The van der Waals surface area contributed by atoms with Gasteiger partial charge in [0.15, 0.2) is 0 Å². The van der Waals surface area contributed by atoms with Crippen molar-refractivity contribution in [2.75, 3.05) is 0 Å². The molecule has 0 unspecified atom stereocenters. The molecule has 1 rings (SSSR count). The Kier molecular flexibility index (Phi) is 3.90. The van der Waals surface area contributed by atoms with E-state index in [0.717, 1.165) is 5.56 Å². The van der Waals surface area contributed by atoms with Crippen LogP contribution >= 0.6 is 15.9 Å². The van der Waals surface area contributed by atoms with Crippen LogP contribution in [0, 0.1) is 12.7 Å². The van der Waals surface area contributed by atoms with Crippen molar-refractivity contribution in [1.82, 2.24) is 0 Å². The summed E-state index contributed by atoms with van der Waals surface area (Å²) in [6, 6.07) is 3.28. The van der Waals surface area contributed by atoms with Crippen LogP contribution in [0.1, 0.15) is 37.8 Å². The first-order valence-corrected chi connectivity index (χ1v) is 5.92. The van der Waals surface area contributed by atoms with Gasteiger partial charge in [0.05, 0.1) is 5.60 Å². The molecule has 0 atom stereocenters. The van der Waals surface area contributed by atoms with Crippen LogP contribution in [-0.2, 0) is 5.60 Å². The predicted octanol–water partition coefficient (Wildman–Crippen LogP) is 3.90. The van der Waals surface area contributed by atoms with Gasteiger partial charge in [0.1, 0.15) is 5.82 Å². The van der Waals surface area contributed by atoms with Gasteiger partial charge >= 0.3 is 0 Å². The highest BCUT2D eigenvalue weighted by atomic mass is 79.9. The Morgan fingerprint density at radius 3 is 2.27 bits per heavy atom. The molecule has 0 radical (unpaired) electrons. The Morgan fingerprint density at radius 1 is 1.33 bits per heavy atom. The molecule has 1 N–H and O–H groups in total. The summed E-state index contributed by atoms with van der Waals surface area (Å²) in [5.41, 5.74) is 0.146. The van der Waals surface area contributed by atoms with E-state index >= 15 is 0 Å². The summed E-state index contributed by atoms with van der Waals surface area (Å²) in [7, 11) is 0. The number of aliphatic hydroxyl groups is 1. The van der Waals surface area contributed by atoms with E-state index in [2.05, 4.69) is 15.9 Å². The van der Waals surface area contributed by atoms with Gasteiger partial charge in [-0.2, -0.15) is 0 Å². The van der Waals surface area contributed by atoms with Crippen LogP contribution in [0.15, 0.2) is 16.6 Å². The van der Waals surface area contributed by atoms with E-state index in [0.29, 0.717) is 22.9 Å². The summed E-state index contributed by atoms with van der Waals surface area (Å²) in [4.78, 5) is 0. The normalized spacial score (nSPS) is 11.9. The lowest BCUT2D eigenvalue weighted by Gasteiger charge is -2.27. The van der Waals surface area contributed by atoms with Gasteiger partial charge in [-0.3, -0.25) is 0 Å². The first-order valence-electron chi connectivity index (χ1n) is 5.13. The Morgan fingerprint density at radius 2 is 1.87 bits per heavy atom. The fraction of sp³-hybridized carbons (Fsp3) is 0.500. The molecule has 84 valence electrons. The Hall–Kier alpha value is -0.410. The van der Waals surface area contributed by atoms with Crippen LogP contribution in [0.3, 0.4) is 0 Å². The van der Waals surface area contributed by atoms with Crippen LogP contribution in [0.25, 0.3) is 0 Å². The summed E-state index contributed by atoms with van der Waals surface area (Å²) in [5, 5.41) is 10.3. The molecule has 0 saturated heterocycles. The second kappa shape index (κ2) is 4.62. The Bertz CT molecular complexity index is 336. The summed E-state index contributed by atoms with van der Waals surface area (Å²) in [6.07, 6.45) is 1.00. The SMILES string of the molecule is CCC(O)(CC)c1c(F)cc(C)cc1Br. The predicted molar refractivity (Wildman–Crippen MR) is 63.3 cm³/mol. The average molecular weight is 275 g/mol. The molecule has 1 aromatic rings. The fourth-order valence-corrected chi connectivity index (χ4v) is 2.67. The second-order valence-corrected chi connectivity index (χ2v) is 4.70. The third kappa shape index (κ3) is 2.40. The summed E-state index contributed by atoms with van der Waals surface area (Å²) >= 11 is 3.32. The smallest absolute Gasteiger partial charge is 0.130 e. The van der Waals surface area contributed by atoms with Gasteiger partial charge < -0.3 is 5.11 Å². The first-order chi connectivity index (χ1) is 6.94. The van der Waals surface area contributed by atoms with E-state index in [9.17, 15) is 9.50 Å². The summed E-state index contributed by atoms with van der Waals surface area (Å²) in [5.74, 6) is -0.340. The van der Waals surface area contributed by atoms with E-state index < -0.39 is 5.60 Å². The molecule has 3 heteroatoms. The van der Waals surface area contributed by atoms with Gasteiger partial charge in [0.25, 0.3) is 0 Å². The average Bonchev–Trinajstić information content (AvgIpc) is 2.15. The molecule has 0 amide bonds. The number of benzene rings is 1. The van der Waals surface area contributed by atoms with Crippen molar-refractivity contribution in [2.24, 2.45) is 0 Å². The zero-order valence-electron chi connectivity index (χ0n) is 9.27. The second-order valence-electron chi connectivity index (χ2n) is 3.84. The number of hydrogen-bond acceptors (Lipinski definition) is 1. The summed E-state index contributed by atoms with van der Waals surface area (Å²) < 4.78 is 14.4. The van der Waals surface area contributed by atoms with Gasteiger partial charge in [0, 0.05) is 10.0 Å². The Balaban J connectivity index is 3.36. The van der Waals surface area contributed by atoms with Gasteiger partial charge in [0.2, 0.25) is 0 Å². The third-order valence-corrected chi connectivity index (χ3v) is 3.45. The Labute approximate surface area is 98.4 Å². The molecule has 0 saturated carbocycles. The molecule has 0 heterocycles. The van der Waals surface area contributed by atoms with Crippen molar-refractivity contribution >= 4 is 15.9 Å². The van der Waals surface area contributed by atoms with Gasteiger partial charge in [-0.1, -0.05) is 29.8 Å². The van der Waals surface area contributed by atoms with E-state index in [1.54, 1.807) is 0 Å². The van der Waals surface area contributed by atoms with E-state index in [-0.39, 0.29) is 5.82 Å². The molecule has 0 spiro atoms. The zero-order valence-corrected chi connectivity index (χ0v) is 10.9. The summed E-state index contributed by atoms with van der Waals surface area (Å²) in [6.45, 7) is 5.54. The highest BCUT2D eigenvalue weighted by molar-refractivity contribution is 9.10. The van der Waals surface area contributed by atoms with Crippen molar-refractivity contribution in [3.05, 3.63) is 33.5 Å². The molecular formula is C12H16BrFO. The molecule has 0 fully saturated rings. The van der Waals surface area contributed by atoms with Crippen molar-refractivity contribution in [3.63, 3.8) is 0 Å². The maximum atomic E-state index is 13.8. The maximum absolute atomic E-state index is 13.8. The minimum absolute atomic E-state index is 0.340. The van der Waals surface area contributed by atoms with Crippen molar-refractivity contribution < 1.29 is 9.50 Å². The molecule has 0 aliphatic rings. The van der Waals surface area contributed by atoms with E-state index in [4.69, 9.17) is 0 Å². The van der Waals surface area contributed by atoms with Crippen LogP contribution in [0.2, 0.25) is 0 Å². The maximum Gasteiger partial charge on any atom is 0.130 e. The lowest BCUT2D eigenvalue weighted by Crippen LogP contribution is -2.25. The van der Waals surface area contributed by atoms with Crippen LogP contribution in [0.5, 0.6) is 0 Å². The van der Waals surface area contributed by atoms with E-state index in [1.807, 2.05) is 26.8 Å². The minimum Gasteiger partial charge on any atom is -0.385 e. The zero-order chi connectivity index (χ0) is 11.6. The van der Waals surface area contributed by atoms with Crippen LogP contribution in [0.4, 0.5) is 4.39 Å². The molecule has 1 nitrogen and oxygen atoms in total. The van der Waals surface area contributed by atoms with Crippen molar-refractivity contribution in [1.29, 1.82) is 0 Å². The fourth-order valence-electron chi connectivity index (χ4n) is 1.75. The van der Waals surface area contributed by atoms with Crippen LogP contribution in [-0.4, -0.2) is 5.11 Å². The molecule has 0 bridgehead atoms. The number of rotatable bonds is 3. The molecule has 0 aromatic heterocycles. The first kappa shape index (κ1) is 12.7. The molecule has 1 aromatic carbocycles. The van der Waals surface area contributed by atoms with Gasteiger partial charge in [-0.15, -0.1) is 0 Å². The minimum atomic E-state index is -1.07. The van der Waals surface area contributed by atoms with Gasteiger partial charge in [-0.05, 0) is 37.5 Å². The highest BCUT2D eigenvalue weighted by Crippen LogP contribution is 2.36. The number of hydrogen-bond donors (Lipinski definition) is 1. The largest absolute Gasteiger partial charge is 0.385 e. The quantitative estimate of drug-likeness (QED) is 0.886. The molecular weight excluding hydrogens is 259 g/mol. The highest BCUT2D eigenvalue weighted by Gasteiger charge is 2.30. The standard InChI is InChI=1S/C12H16BrFO/c1-4-12(15,5-2)11-9(13)6-8(3)7-10(11)14/h6-7,15H,4-5H2,1-3H3. The number of halogens is 2. The number of aryl methyl sites for hydroxylation is 1. The third-order valence-electron chi connectivity index (χ3n) is 2.82. The molecule has 15 heavy (non-hydrogen) atoms. The van der Waals surface area contributed by atoms with E-state index in [1.165, 1.54) is 6.07 Å². The molecule has 0 aliphatic heterocycles. The topological polar surface area (TPSA) is 20.2 Å². The monoisotopic (exact) mass is 274 g/mol.